The summed E-state index contributed by atoms with van der Waals surface area (Å²) in [5, 5.41) is 5.92. The molecule has 0 fully saturated rings. The number of rotatable bonds is 1. The zero-order chi connectivity index (χ0) is 9.26. The van der Waals surface area contributed by atoms with Crippen LogP contribution in [0.2, 0.25) is 5.02 Å². The van der Waals surface area contributed by atoms with E-state index >= 15 is 0 Å². The average molecular weight is 213 g/mol. The van der Waals surface area contributed by atoms with Gasteiger partial charge in [-0.3, -0.25) is 0 Å². The van der Waals surface area contributed by atoms with Crippen molar-refractivity contribution in [1.29, 1.82) is 0 Å². The Balaban J connectivity index is 2.22. The van der Waals surface area contributed by atoms with Gasteiger partial charge in [0.15, 0.2) is 0 Å². The van der Waals surface area contributed by atoms with Gasteiger partial charge in [0.05, 0.1) is 0 Å². The van der Waals surface area contributed by atoms with Gasteiger partial charge >= 0.3 is 0 Å². The first-order valence-electron chi connectivity index (χ1n) is 3.89. The molecule has 1 heterocycles. The molecule has 0 aromatic heterocycles. The summed E-state index contributed by atoms with van der Waals surface area (Å²) in [7, 11) is 0. The van der Waals surface area contributed by atoms with Gasteiger partial charge in [-0.1, -0.05) is 35.5 Å². The quantitative estimate of drug-likeness (QED) is 0.750. The van der Waals surface area contributed by atoms with Crippen LogP contribution in [0.5, 0.6) is 0 Å². The minimum Gasteiger partial charge on any atom is -0.360 e. The second-order valence-corrected chi connectivity index (χ2v) is 4.19. The predicted molar refractivity (Wildman–Crippen MR) is 58.1 cm³/mol. The SMILES string of the molecule is NC1NC(c2ccc(Cl)cc2)=CS1. The number of thioether (sulfide) groups is 1. The van der Waals surface area contributed by atoms with E-state index in [1.165, 1.54) is 0 Å². The summed E-state index contributed by atoms with van der Waals surface area (Å²) in [6.07, 6.45) is 0. The molecule has 0 spiro atoms. The highest BCUT2D eigenvalue weighted by Crippen LogP contribution is 2.25. The summed E-state index contributed by atoms with van der Waals surface area (Å²) in [5.74, 6) is 0. The molecule has 0 radical (unpaired) electrons. The van der Waals surface area contributed by atoms with Crippen molar-refractivity contribution in [1.82, 2.24) is 5.32 Å². The molecule has 0 saturated heterocycles. The highest BCUT2D eigenvalue weighted by molar-refractivity contribution is 8.03. The second kappa shape index (κ2) is 3.62. The van der Waals surface area contributed by atoms with E-state index in [4.69, 9.17) is 17.3 Å². The predicted octanol–water partition coefficient (Wildman–Crippen LogP) is 2.22. The summed E-state index contributed by atoms with van der Waals surface area (Å²) >= 11 is 7.35. The molecule has 13 heavy (non-hydrogen) atoms. The maximum Gasteiger partial charge on any atom is 0.127 e. The number of hydrogen-bond acceptors (Lipinski definition) is 3. The fourth-order valence-corrected chi connectivity index (χ4v) is 1.95. The molecule has 0 aliphatic carbocycles. The Kier molecular flexibility index (Phi) is 2.49. The Morgan fingerprint density at radius 3 is 2.54 bits per heavy atom. The Bertz CT molecular complexity index is 334. The zero-order valence-corrected chi connectivity index (χ0v) is 8.40. The molecule has 68 valence electrons. The Morgan fingerprint density at radius 1 is 1.31 bits per heavy atom. The first-order valence-corrected chi connectivity index (χ1v) is 5.21. The highest BCUT2D eigenvalue weighted by atomic mass is 35.5. The molecule has 3 N–H and O–H groups in total. The van der Waals surface area contributed by atoms with Gasteiger partial charge in [-0.2, -0.15) is 0 Å². The monoisotopic (exact) mass is 212 g/mol. The van der Waals surface area contributed by atoms with Crippen molar-refractivity contribution in [3.8, 4) is 0 Å². The van der Waals surface area contributed by atoms with E-state index < -0.39 is 0 Å². The average Bonchev–Trinajstić information content (AvgIpc) is 2.53. The van der Waals surface area contributed by atoms with Crippen LogP contribution in [0.1, 0.15) is 5.56 Å². The molecule has 1 aromatic rings. The molecule has 1 unspecified atom stereocenters. The molecular weight excluding hydrogens is 204 g/mol. The lowest BCUT2D eigenvalue weighted by atomic mass is 10.2. The largest absolute Gasteiger partial charge is 0.360 e. The standard InChI is InChI=1S/C9H9ClN2S/c10-7-3-1-6(2-4-7)8-5-13-9(11)12-8/h1-5,9,12H,11H2. The summed E-state index contributed by atoms with van der Waals surface area (Å²) in [6, 6.07) is 7.68. The second-order valence-electron chi connectivity index (χ2n) is 2.74. The smallest absolute Gasteiger partial charge is 0.127 e. The number of hydrogen-bond donors (Lipinski definition) is 2. The van der Waals surface area contributed by atoms with Crippen molar-refractivity contribution in [2.45, 2.75) is 5.50 Å². The number of nitrogens with one attached hydrogen (secondary N) is 1. The van der Waals surface area contributed by atoms with E-state index in [0.29, 0.717) is 0 Å². The van der Waals surface area contributed by atoms with Gasteiger partial charge < -0.3 is 11.1 Å². The Labute approximate surface area is 86.1 Å². The molecule has 2 rings (SSSR count). The van der Waals surface area contributed by atoms with E-state index in [9.17, 15) is 0 Å². The van der Waals surface area contributed by atoms with Crippen LogP contribution in [0.3, 0.4) is 0 Å². The summed E-state index contributed by atoms with van der Waals surface area (Å²) in [5.41, 5.74) is 7.82. The first kappa shape index (κ1) is 8.94. The first-order chi connectivity index (χ1) is 6.25. The molecule has 0 saturated carbocycles. The summed E-state index contributed by atoms with van der Waals surface area (Å²) < 4.78 is 0. The van der Waals surface area contributed by atoms with Gasteiger partial charge in [0.2, 0.25) is 0 Å². The van der Waals surface area contributed by atoms with E-state index in [0.717, 1.165) is 16.3 Å². The third-order valence-corrected chi connectivity index (χ3v) is 2.82. The van der Waals surface area contributed by atoms with Crippen molar-refractivity contribution in [3.05, 3.63) is 40.3 Å². The molecule has 1 aromatic carbocycles. The van der Waals surface area contributed by atoms with Crippen LogP contribution in [0, 0.1) is 0 Å². The van der Waals surface area contributed by atoms with Crippen LogP contribution in [-0.4, -0.2) is 5.50 Å². The molecule has 0 bridgehead atoms. The van der Waals surface area contributed by atoms with Crippen LogP contribution in [0.25, 0.3) is 5.70 Å². The summed E-state index contributed by atoms with van der Waals surface area (Å²) in [6.45, 7) is 0. The van der Waals surface area contributed by atoms with Gasteiger partial charge in [0.1, 0.15) is 5.50 Å². The van der Waals surface area contributed by atoms with Crippen LogP contribution in [0.4, 0.5) is 0 Å². The number of nitrogens with two attached hydrogens (primary N) is 1. The normalized spacial score (nSPS) is 21.1. The lowest BCUT2D eigenvalue weighted by Crippen LogP contribution is -2.28. The molecule has 1 aliphatic rings. The van der Waals surface area contributed by atoms with Crippen molar-refractivity contribution >= 4 is 29.1 Å². The lowest BCUT2D eigenvalue weighted by Gasteiger charge is -2.07. The summed E-state index contributed by atoms with van der Waals surface area (Å²) in [4.78, 5) is 0. The third kappa shape index (κ3) is 1.99. The van der Waals surface area contributed by atoms with Gasteiger partial charge in [0, 0.05) is 10.7 Å². The zero-order valence-electron chi connectivity index (χ0n) is 6.83. The van der Waals surface area contributed by atoms with Crippen molar-refractivity contribution in [2.75, 3.05) is 0 Å². The van der Waals surface area contributed by atoms with Gasteiger partial charge in [0.25, 0.3) is 0 Å². The Morgan fingerprint density at radius 2 is 2.00 bits per heavy atom. The van der Waals surface area contributed by atoms with Gasteiger partial charge in [-0.05, 0) is 23.1 Å². The molecule has 1 aliphatic heterocycles. The van der Waals surface area contributed by atoms with Crippen LogP contribution >= 0.6 is 23.4 Å². The van der Waals surface area contributed by atoms with Crippen molar-refractivity contribution < 1.29 is 0 Å². The number of benzene rings is 1. The van der Waals surface area contributed by atoms with E-state index in [1.54, 1.807) is 11.8 Å². The van der Waals surface area contributed by atoms with Crippen molar-refractivity contribution in [2.24, 2.45) is 5.73 Å². The van der Waals surface area contributed by atoms with Crippen molar-refractivity contribution in [3.63, 3.8) is 0 Å². The molecule has 1 atom stereocenters. The topological polar surface area (TPSA) is 38.0 Å². The minimum absolute atomic E-state index is 0.0225. The fourth-order valence-electron chi connectivity index (χ4n) is 1.14. The van der Waals surface area contributed by atoms with E-state index in [-0.39, 0.29) is 5.50 Å². The maximum absolute atomic E-state index is 5.78. The van der Waals surface area contributed by atoms with Crippen LogP contribution < -0.4 is 11.1 Å². The van der Waals surface area contributed by atoms with Gasteiger partial charge in [-0.15, -0.1) is 0 Å². The van der Waals surface area contributed by atoms with Crippen LogP contribution in [-0.2, 0) is 0 Å². The van der Waals surface area contributed by atoms with Crippen LogP contribution in [0.15, 0.2) is 29.7 Å². The minimum atomic E-state index is -0.0225. The third-order valence-electron chi connectivity index (χ3n) is 1.79. The van der Waals surface area contributed by atoms with E-state index in [2.05, 4.69) is 5.32 Å². The highest BCUT2D eigenvalue weighted by Gasteiger charge is 2.12. The number of halogens is 1. The van der Waals surface area contributed by atoms with E-state index in [1.807, 2.05) is 29.7 Å². The maximum atomic E-state index is 5.78. The fraction of sp³-hybridized carbons (Fsp3) is 0.111. The molecule has 4 heteroatoms. The Hall–Kier alpha value is -0.640. The molecule has 2 nitrogen and oxygen atoms in total. The molecule has 0 amide bonds. The van der Waals surface area contributed by atoms with Gasteiger partial charge in [-0.25, -0.2) is 0 Å². The molecular formula is C9H9ClN2S. The lowest BCUT2D eigenvalue weighted by molar-refractivity contribution is 0.853.